The molecule has 1 saturated heterocycles. The highest BCUT2D eigenvalue weighted by Gasteiger charge is 2.29. The third-order valence-electron chi connectivity index (χ3n) is 5.85. The third kappa shape index (κ3) is 4.93. The second-order valence-corrected chi connectivity index (χ2v) is 8.90. The lowest BCUT2D eigenvalue weighted by atomic mass is 9.90. The van der Waals surface area contributed by atoms with E-state index in [0.29, 0.717) is 28.1 Å². The van der Waals surface area contributed by atoms with Gasteiger partial charge in [0.25, 0.3) is 5.91 Å². The number of carbonyl (C=O) groups is 1. The van der Waals surface area contributed by atoms with Gasteiger partial charge in [-0.3, -0.25) is 4.79 Å². The summed E-state index contributed by atoms with van der Waals surface area (Å²) in [6, 6.07) is 14.3. The van der Waals surface area contributed by atoms with E-state index in [2.05, 4.69) is 40.2 Å². The predicted molar refractivity (Wildman–Crippen MR) is 129 cm³/mol. The minimum absolute atomic E-state index is 0.204. The zero-order valence-electron chi connectivity index (χ0n) is 18.7. The van der Waals surface area contributed by atoms with Crippen LogP contribution in [0, 0.1) is 5.92 Å². The van der Waals surface area contributed by atoms with Crippen molar-refractivity contribution < 1.29 is 19.0 Å². The average molecular weight is 453 g/mol. The summed E-state index contributed by atoms with van der Waals surface area (Å²) in [5, 5.41) is 0.798. The quantitative estimate of drug-likeness (QED) is 0.595. The molecule has 0 radical (unpaired) electrons. The van der Waals surface area contributed by atoms with E-state index >= 15 is 0 Å². The molecule has 2 heterocycles. The lowest BCUT2D eigenvalue weighted by Crippen LogP contribution is -2.37. The molecule has 2 aliphatic rings. The Morgan fingerprint density at radius 3 is 2.28 bits per heavy atom. The highest BCUT2D eigenvalue weighted by molar-refractivity contribution is 8.18. The molecule has 0 bridgehead atoms. The standard InChI is InChI=1S/C25H28N2O4S/c1-29-20-14-19(15-21(30-2)23(20)31-3)16-22-24(28)26-25(32-22)27-11-9-18(10-12-27)13-17-7-5-4-6-8-17/h4-8,14-16,18H,9-13H2,1-3H3/b22-16-. The number of likely N-dealkylation sites (tertiary alicyclic amines) is 1. The van der Waals surface area contributed by atoms with Gasteiger partial charge >= 0.3 is 0 Å². The fourth-order valence-corrected chi connectivity index (χ4v) is 5.11. The predicted octanol–water partition coefficient (Wildman–Crippen LogP) is 4.64. The molecule has 0 unspecified atom stereocenters. The molecule has 0 N–H and O–H groups in total. The highest BCUT2D eigenvalue weighted by atomic mass is 32.2. The number of piperidine rings is 1. The molecule has 0 spiro atoms. The van der Waals surface area contributed by atoms with Crippen LogP contribution >= 0.6 is 11.8 Å². The van der Waals surface area contributed by atoms with Crippen molar-refractivity contribution in [3.63, 3.8) is 0 Å². The van der Waals surface area contributed by atoms with Crippen LogP contribution in [0.15, 0.2) is 52.4 Å². The van der Waals surface area contributed by atoms with Crippen molar-refractivity contribution in [1.82, 2.24) is 4.90 Å². The van der Waals surface area contributed by atoms with Gasteiger partial charge in [-0.25, -0.2) is 0 Å². The van der Waals surface area contributed by atoms with E-state index in [4.69, 9.17) is 14.2 Å². The molecule has 0 aromatic heterocycles. The number of hydrogen-bond donors (Lipinski definition) is 0. The normalized spacial score (nSPS) is 18.1. The Morgan fingerprint density at radius 2 is 1.69 bits per heavy atom. The van der Waals surface area contributed by atoms with E-state index in [0.717, 1.165) is 43.1 Å². The van der Waals surface area contributed by atoms with Gasteiger partial charge in [-0.15, -0.1) is 0 Å². The van der Waals surface area contributed by atoms with Crippen molar-refractivity contribution in [2.24, 2.45) is 10.9 Å². The minimum Gasteiger partial charge on any atom is -0.493 e. The number of aliphatic imine (C=N–C) groups is 1. The van der Waals surface area contributed by atoms with Crippen molar-refractivity contribution in [2.45, 2.75) is 19.3 Å². The van der Waals surface area contributed by atoms with Crippen LogP contribution in [0.3, 0.4) is 0 Å². The van der Waals surface area contributed by atoms with Crippen molar-refractivity contribution in [3.05, 3.63) is 58.5 Å². The summed E-state index contributed by atoms with van der Waals surface area (Å²) in [5.74, 6) is 2.10. The van der Waals surface area contributed by atoms with Crippen molar-refractivity contribution in [1.29, 1.82) is 0 Å². The SMILES string of the molecule is COc1cc(/C=C2\SC(N3CCC(Cc4ccccc4)CC3)=NC2=O)cc(OC)c1OC. The molecule has 0 aliphatic carbocycles. The number of nitrogens with zero attached hydrogens (tertiary/aromatic N) is 2. The zero-order valence-corrected chi connectivity index (χ0v) is 19.5. The molecule has 32 heavy (non-hydrogen) atoms. The molecular weight excluding hydrogens is 424 g/mol. The van der Waals surface area contributed by atoms with Gasteiger partial charge < -0.3 is 19.1 Å². The van der Waals surface area contributed by atoms with E-state index in [-0.39, 0.29) is 5.91 Å². The van der Waals surface area contributed by atoms with Crippen LogP contribution in [0.2, 0.25) is 0 Å². The van der Waals surface area contributed by atoms with E-state index in [1.54, 1.807) is 21.3 Å². The molecule has 2 aromatic rings. The first-order valence-electron chi connectivity index (χ1n) is 10.7. The zero-order chi connectivity index (χ0) is 22.5. The summed E-state index contributed by atoms with van der Waals surface area (Å²) >= 11 is 1.44. The molecule has 168 valence electrons. The van der Waals surface area contributed by atoms with Crippen LogP contribution in [0.5, 0.6) is 17.2 Å². The summed E-state index contributed by atoms with van der Waals surface area (Å²) in [6.45, 7) is 1.85. The molecule has 0 saturated carbocycles. The fraction of sp³-hybridized carbons (Fsp3) is 0.360. The fourth-order valence-electron chi connectivity index (χ4n) is 4.15. The largest absolute Gasteiger partial charge is 0.493 e. The number of amides is 1. The third-order valence-corrected chi connectivity index (χ3v) is 6.89. The second-order valence-electron chi connectivity index (χ2n) is 7.89. The maximum atomic E-state index is 12.6. The van der Waals surface area contributed by atoms with E-state index in [1.165, 1.54) is 17.3 Å². The number of rotatable bonds is 6. The van der Waals surface area contributed by atoms with Crippen LogP contribution < -0.4 is 14.2 Å². The van der Waals surface area contributed by atoms with Gasteiger partial charge in [0.2, 0.25) is 5.75 Å². The summed E-state index contributed by atoms with van der Waals surface area (Å²) in [4.78, 5) is 19.7. The Bertz CT molecular complexity index is 1000. The Hall–Kier alpha value is -2.93. The highest BCUT2D eigenvalue weighted by Crippen LogP contribution is 2.40. The summed E-state index contributed by atoms with van der Waals surface area (Å²) in [7, 11) is 4.72. The number of benzene rings is 2. The van der Waals surface area contributed by atoms with Gasteiger partial charge in [-0.05, 0) is 66.3 Å². The summed E-state index contributed by atoms with van der Waals surface area (Å²) in [6.07, 6.45) is 5.15. The average Bonchev–Trinajstić information content (AvgIpc) is 3.19. The van der Waals surface area contributed by atoms with Crippen LogP contribution in [-0.4, -0.2) is 50.4 Å². The number of thioether (sulfide) groups is 1. The summed E-state index contributed by atoms with van der Waals surface area (Å²) < 4.78 is 16.2. The summed E-state index contributed by atoms with van der Waals surface area (Å²) in [5.41, 5.74) is 2.19. The van der Waals surface area contributed by atoms with Crippen LogP contribution in [-0.2, 0) is 11.2 Å². The van der Waals surface area contributed by atoms with Crippen LogP contribution in [0.1, 0.15) is 24.0 Å². The first kappa shape index (κ1) is 22.3. The Balaban J connectivity index is 1.41. The molecule has 4 rings (SSSR count). The van der Waals surface area contributed by atoms with Gasteiger partial charge in [0, 0.05) is 13.1 Å². The smallest absolute Gasteiger partial charge is 0.286 e. The molecule has 7 heteroatoms. The number of amidine groups is 1. The number of ether oxygens (including phenoxy) is 3. The van der Waals surface area contributed by atoms with Gasteiger partial charge in [-0.2, -0.15) is 4.99 Å². The molecule has 1 fully saturated rings. The Morgan fingerprint density at radius 1 is 1.03 bits per heavy atom. The van der Waals surface area contributed by atoms with E-state index in [9.17, 15) is 4.79 Å². The Kier molecular flexibility index (Phi) is 7.05. The molecule has 0 atom stereocenters. The molecule has 2 aromatic carbocycles. The molecule has 6 nitrogen and oxygen atoms in total. The number of carbonyl (C=O) groups excluding carboxylic acids is 1. The van der Waals surface area contributed by atoms with Gasteiger partial charge in [0.05, 0.1) is 26.2 Å². The van der Waals surface area contributed by atoms with E-state index < -0.39 is 0 Å². The monoisotopic (exact) mass is 452 g/mol. The lowest BCUT2D eigenvalue weighted by molar-refractivity contribution is -0.113. The topological polar surface area (TPSA) is 60.4 Å². The molecule has 2 aliphatic heterocycles. The Labute approximate surface area is 193 Å². The van der Waals surface area contributed by atoms with Crippen molar-refractivity contribution in [2.75, 3.05) is 34.4 Å². The molecular formula is C25H28N2O4S. The van der Waals surface area contributed by atoms with Gasteiger partial charge in [0.1, 0.15) is 0 Å². The van der Waals surface area contributed by atoms with E-state index in [1.807, 2.05) is 18.2 Å². The molecule has 1 amide bonds. The number of methoxy groups -OCH3 is 3. The lowest BCUT2D eigenvalue weighted by Gasteiger charge is -2.32. The first-order valence-corrected chi connectivity index (χ1v) is 11.5. The maximum absolute atomic E-state index is 12.6. The second kappa shape index (κ2) is 10.1. The number of hydrogen-bond acceptors (Lipinski definition) is 6. The first-order chi connectivity index (χ1) is 15.6. The van der Waals surface area contributed by atoms with Gasteiger partial charge in [-0.1, -0.05) is 30.3 Å². The minimum atomic E-state index is -0.204. The van der Waals surface area contributed by atoms with Crippen molar-refractivity contribution in [3.8, 4) is 17.2 Å². The van der Waals surface area contributed by atoms with Crippen LogP contribution in [0.4, 0.5) is 0 Å². The van der Waals surface area contributed by atoms with Gasteiger partial charge in [0.15, 0.2) is 16.7 Å². The van der Waals surface area contributed by atoms with Crippen LogP contribution in [0.25, 0.3) is 6.08 Å². The van der Waals surface area contributed by atoms with Crippen molar-refractivity contribution >= 4 is 28.9 Å². The maximum Gasteiger partial charge on any atom is 0.286 e.